The highest BCUT2D eigenvalue weighted by Crippen LogP contribution is 2.39. The molecule has 198 valence electrons. The molecular weight excluding hydrogens is 519 g/mol. The van der Waals surface area contributed by atoms with Crippen molar-refractivity contribution in [2.45, 2.75) is 44.3 Å². The van der Waals surface area contributed by atoms with Crippen molar-refractivity contribution in [3.05, 3.63) is 75.8 Å². The molecule has 2 aromatic heterocycles. The van der Waals surface area contributed by atoms with E-state index in [4.69, 9.17) is 9.47 Å². The number of alkyl halides is 3. The molecule has 12 heteroatoms. The van der Waals surface area contributed by atoms with Crippen LogP contribution in [0.3, 0.4) is 0 Å². The Morgan fingerprint density at radius 3 is 2.61 bits per heavy atom. The minimum atomic E-state index is -4.65. The summed E-state index contributed by atoms with van der Waals surface area (Å²) in [5.41, 5.74) is 0.0706. The smallest absolute Gasteiger partial charge is 0.348 e. The van der Waals surface area contributed by atoms with Crippen LogP contribution in [0.2, 0.25) is 0 Å². The summed E-state index contributed by atoms with van der Waals surface area (Å²) < 4.78 is 54.9. The van der Waals surface area contributed by atoms with Crippen LogP contribution in [0.25, 0.3) is 15.8 Å². The Labute approximate surface area is 219 Å². The van der Waals surface area contributed by atoms with E-state index in [0.29, 0.717) is 54.5 Å². The Bertz CT molecular complexity index is 1530. The fourth-order valence-electron chi connectivity index (χ4n) is 4.92. The number of hydrogen-bond acceptors (Lipinski definition) is 8. The number of anilines is 1. The third-order valence-corrected chi connectivity index (χ3v) is 7.99. The summed E-state index contributed by atoms with van der Waals surface area (Å²) in [4.78, 5) is 19.2. The normalized spacial score (nSPS) is 19.5. The highest BCUT2D eigenvalue weighted by molar-refractivity contribution is 7.22. The van der Waals surface area contributed by atoms with Crippen molar-refractivity contribution >= 4 is 26.6 Å². The minimum Gasteiger partial charge on any atom is -0.348 e. The van der Waals surface area contributed by atoms with Gasteiger partial charge in [-0.25, -0.2) is 4.68 Å². The molecule has 0 unspecified atom stereocenters. The van der Waals surface area contributed by atoms with Gasteiger partial charge in [0.25, 0.3) is 5.56 Å². The van der Waals surface area contributed by atoms with Gasteiger partial charge in [0, 0.05) is 32.4 Å². The largest absolute Gasteiger partial charge is 0.416 e. The molecule has 8 nitrogen and oxygen atoms in total. The van der Waals surface area contributed by atoms with Gasteiger partial charge in [-0.3, -0.25) is 4.79 Å². The zero-order chi connectivity index (χ0) is 26.5. The highest BCUT2D eigenvalue weighted by Gasteiger charge is 2.43. The summed E-state index contributed by atoms with van der Waals surface area (Å²) in [5.74, 6) is -0.625. The van der Waals surface area contributed by atoms with Gasteiger partial charge >= 0.3 is 6.18 Å². The molecule has 1 atom stereocenters. The first kappa shape index (κ1) is 25.0. The van der Waals surface area contributed by atoms with Crippen molar-refractivity contribution in [1.29, 1.82) is 0 Å². The van der Waals surface area contributed by atoms with Gasteiger partial charge in [-0.15, -0.1) is 5.10 Å². The molecule has 38 heavy (non-hydrogen) atoms. The highest BCUT2D eigenvalue weighted by atomic mass is 32.1. The molecule has 6 rings (SSSR count). The van der Waals surface area contributed by atoms with Gasteiger partial charge in [-0.2, -0.15) is 18.2 Å². The van der Waals surface area contributed by atoms with Crippen molar-refractivity contribution in [3.63, 3.8) is 0 Å². The van der Waals surface area contributed by atoms with E-state index >= 15 is 0 Å². The van der Waals surface area contributed by atoms with E-state index in [9.17, 15) is 18.0 Å². The molecule has 0 radical (unpaired) electrons. The van der Waals surface area contributed by atoms with Gasteiger partial charge in [-0.1, -0.05) is 46.9 Å². The second-order valence-electron chi connectivity index (χ2n) is 9.63. The van der Waals surface area contributed by atoms with E-state index < -0.39 is 23.1 Å². The molecule has 4 aromatic rings. The van der Waals surface area contributed by atoms with Crippen molar-refractivity contribution in [1.82, 2.24) is 20.0 Å². The monoisotopic (exact) mass is 543 g/mol. The van der Waals surface area contributed by atoms with Crippen LogP contribution in [-0.2, 0) is 22.1 Å². The predicted octanol–water partition coefficient (Wildman–Crippen LogP) is 4.58. The van der Waals surface area contributed by atoms with E-state index in [2.05, 4.69) is 15.3 Å². The molecule has 2 aromatic carbocycles. The summed E-state index contributed by atoms with van der Waals surface area (Å²) in [7, 11) is 0. The number of hydrogen-bond donors (Lipinski definition) is 0. The van der Waals surface area contributed by atoms with Gasteiger partial charge in [0.05, 0.1) is 45.9 Å². The standard InChI is InChI=1S/C26H24F3N5O3S/c1-16-15-36-25(37-16)7-9-33(10-8-25)24-30-23(35)20-12-18(26(27,28)29)13-21(22(20)38-24)34-14-19(31-32-34)11-17-5-3-2-4-6-17/h2-6,12-14,16H,7-11,15H2,1H3/t16-/m0/s1. The Morgan fingerprint density at radius 1 is 1.16 bits per heavy atom. The zero-order valence-corrected chi connectivity index (χ0v) is 21.3. The lowest BCUT2D eigenvalue weighted by Gasteiger charge is -2.38. The maximum atomic E-state index is 13.8. The number of nitrogens with zero attached hydrogens (tertiary/aromatic N) is 5. The fourth-order valence-corrected chi connectivity index (χ4v) is 6.05. The number of rotatable bonds is 4. The summed E-state index contributed by atoms with van der Waals surface area (Å²) >= 11 is 1.17. The quantitative estimate of drug-likeness (QED) is 0.373. The molecule has 2 aliphatic rings. The van der Waals surface area contributed by atoms with E-state index in [1.807, 2.05) is 42.2 Å². The van der Waals surface area contributed by atoms with Crippen molar-refractivity contribution in [2.75, 3.05) is 24.6 Å². The maximum absolute atomic E-state index is 13.8. The predicted molar refractivity (Wildman–Crippen MR) is 136 cm³/mol. The Hall–Kier alpha value is -3.35. The van der Waals surface area contributed by atoms with E-state index in [0.717, 1.165) is 17.7 Å². The SMILES string of the molecule is C[C@H]1COC2(CCN(c3nc(=O)c4cc(C(F)(F)F)cc(-n5cc(Cc6ccccc6)nn5)c4s3)CC2)O1. The Kier molecular flexibility index (Phi) is 6.20. The Morgan fingerprint density at radius 2 is 1.92 bits per heavy atom. The summed E-state index contributed by atoms with van der Waals surface area (Å²) in [6.07, 6.45) is -1.35. The van der Waals surface area contributed by atoms with E-state index in [1.165, 1.54) is 16.0 Å². The van der Waals surface area contributed by atoms with Gasteiger partial charge in [0.1, 0.15) is 0 Å². The summed E-state index contributed by atoms with van der Waals surface area (Å²) in [6.45, 7) is 3.59. The summed E-state index contributed by atoms with van der Waals surface area (Å²) in [5, 5.41) is 8.63. The Balaban J connectivity index is 1.39. The lowest BCUT2D eigenvalue weighted by atomic mass is 10.0. The van der Waals surface area contributed by atoms with Crippen LogP contribution in [0.4, 0.5) is 18.3 Å². The van der Waals surface area contributed by atoms with Crippen LogP contribution in [-0.4, -0.2) is 51.6 Å². The van der Waals surface area contributed by atoms with Gasteiger partial charge < -0.3 is 14.4 Å². The van der Waals surface area contributed by atoms with Gasteiger partial charge in [-0.05, 0) is 24.6 Å². The molecule has 1 spiro atoms. The average Bonchev–Trinajstić information content (AvgIpc) is 3.50. The first-order valence-electron chi connectivity index (χ1n) is 12.3. The number of halogens is 3. The first-order chi connectivity index (χ1) is 18.2. The van der Waals surface area contributed by atoms with Gasteiger partial charge in [0.2, 0.25) is 0 Å². The molecular formula is C26H24F3N5O3S. The van der Waals surface area contributed by atoms with Crippen LogP contribution in [0.15, 0.2) is 53.5 Å². The van der Waals surface area contributed by atoms with E-state index in [1.54, 1.807) is 6.20 Å². The maximum Gasteiger partial charge on any atom is 0.416 e. The van der Waals surface area contributed by atoms with Crippen molar-refractivity contribution in [3.8, 4) is 5.69 Å². The number of benzene rings is 2. The number of piperidine rings is 1. The van der Waals surface area contributed by atoms with Crippen molar-refractivity contribution < 1.29 is 22.6 Å². The molecule has 0 saturated carbocycles. The molecule has 0 bridgehead atoms. The van der Waals surface area contributed by atoms with Crippen molar-refractivity contribution in [2.24, 2.45) is 0 Å². The number of ether oxygens (including phenoxy) is 2. The van der Waals surface area contributed by atoms with Gasteiger partial charge in [0.15, 0.2) is 10.9 Å². The second-order valence-corrected chi connectivity index (χ2v) is 10.6. The third kappa shape index (κ3) is 4.79. The van der Waals surface area contributed by atoms with E-state index in [-0.39, 0.29) is 17.2 Å². The van der Waals surface area contributed by atoms with Crippen LogP contribution in [0.5, 0.6) is 0 Å². The zero-order valence-electron chi connectivity index (χ0n) is 20.4. The first-order valence-corrected chi connectivity index (χ1v) is 13.1. The molecule has 0 amide bonds. The fraction of sp³-hybridized carbons (Fsp3) is 0.385. The lowest BCUT2D eigenvalue weighted by Crippen LogP contribution is -2.45. The van der Waals surface area contributed by atoms with Crippen LogP contribution < -0.4 is 10.5 Å². The topological polar surface area (TPSA) is 82.4 Å². The minimum absolute atomic E-state index is 0.0243. The molecule has 4 heterocycles. The molecule has 2 aliphatic heterocycles. The lowest BCUT2D eigenvalue weighted by molar-refractivity contribution is -0.178. The average molecular weight is 544 g/mol. The van der Waals surface area contributed by atoms with Crippen LogP contribution in [0.1, 0.15) is 36.6 Å². The molecule has 0 N–H and O–H groups in total. The molecule has 2 saturated heterocycles. The third-order valence-electron chi connectivity index (χ3n) is 6.83. The molecule has 0 aliphatic carbocycles. The molecule has 2 fully saturated rings. The van der Waals surface area contributed by atoms with Crippen LogP contribution >= 0.6 is 11.3 Å². The second kappa shape index (κ2) is 9.44. The number of fused-ring (bicyclic) bond motifs is 1. The summed E-state index contributed by atoms with van der Waals surface area (Å²) in [6, 6.07) is 11.5. The van der Waals surface area contributed by atoms with Crippen LogP contribution in [0, 0.1) is 0 Å². The number of aromatic nitrogens is 4.